The molecule has 42 heavy (non-hydrogen) atoms. The highest BCUT2D eigenvalue weighted by molar-refractivity contribution is 5.84. The normalized spacial score (nSPS) is 22.5. The van der Waals surface area contributed by atoms with Gasteiger partial charge in [-0.1, -0.05) is 96.0 Å². The van der Waals surface area contributed by atoms with Gasteiger partial charge >= 0.3 is 5.97 Å². The second-order valence-corrected chi connectivity index (χ2v) is 13.6. The van der Waals surface area contributed by atoms with E-state index in [0.29, 0.717) is 19.4 Å². The summed E-state index contributed by atoms with van der Waals surface area (Å²) in [5.74, 6) is -2.51. The van der Waals surface area contributed by atoms with Crippen molar-refractivity contribution in [1.82, 2.24) is 10.6 Å². The Kier molecular flexibility index (Phi) is 12.4. The van der Waals surface area contributed by atoms with Crippen LogP contribution in [-0.2, 0) is 30.3 Å². The van der Waals surface area contributed by atoms with Crippen LogP contribution in [0.5, 0.6) is 0 Å². The highest BCUT2D eigenvalue weighted by Gasteiger charge is 2.49. The summed E-state index contributed by atoms with van der Waals surface area (Å²) in [6.45, 7) is 9.88. The number of aliphatic carboxylic acids is 1. The number of unbranched alkanes of at least 4 members (excludes halogenated alkanes) is 3. The van der Waals surface area contributed by atoms with Gasteiger partial charge in [0.2, 0.25) is 11.8 Å². The van der Waals surface area contributed by atoms with Gasteiger partial charge in [-0.15, -0.1) is 0 Å². The number of nitrogens with one attached hydrogen (secondary N) is 2. The molecule has 1 saturated heterocycles. The number of benzene rings is 1. The van der Waals surface area contributed by atoms with Gasteiger partial charge in [0.05, 0.1) is 24.6 Å². The molecule has 1 saturated carbocycles. The Balaban J connectivity index is 1.83. The lowest BCUT2D eigenvalue weighted by Crippen LogP contribution is -2.66. The molecule has 2 fully saturated rings. The molecule has 3 N–H and O–H groups in total. The molecule has 3 rings (SSSR count). The molecule has 8 heteroatoms. The number of hydrogen-bond donors (Lipinski definition) is 3. The minimum absolute atomic E-state index is 0.0299. The predicted molar refractivity (Wildman–Crippen MR) is 164 cm³/mol. The summed E-state index contributed by atoms with van der Waals surface area (Å²) in [7, 11) is 0. The molecule has 1 heterocycles. The zero-order valence-corrected chi connectivity index (χ0v) is 26.5. The molecule has 0 bridgehead atoms. The van der Waals surface area contributed by atoms with Crippen LogP contribution in [0.1, 0.15) is 117 Å². The predicted octanol–water partition coefficient (Wildman–Crippen LogP) is 6.16. The second kappa shape index (κ2) is 15.3. The van der Waals surface area contributed by atoms with Gasteiger partial charge in [0, 0.05) is 11.3 Å². The van der Waals surface area contributed by atoms with Crippen molar-refractivity contribution in [3.63, 3.8) is 0 Å². The third-order valence-electron chi connectivity index (χ3n) is 9.02. The van der Waals surface area contributed by atoms with Crippen LogP contribution in [-0.4, -0.2) is 53.0 Å². The van der Waals surface area contributed by atoms with E-state index in [-0.39, 0.29) is 24.2 Å². The maximum absolute atomic E-state index is 14.1. The number of carbonyl (C=O) groups is 3. The highest BCUT2D eigenvalue weighted by atomic mass is 16.7. The SMILES string of the molecule is CCCCCCC(CCc1ccccc1)C(=O)NC1(C(CC(=O)O)NC(=O)C2OC(C)(C)OCC2(C)C)CCCCC1. The van der Waals surface area contributed by atoms with Crippen LogP contribution in [0.15, 0.2) is 30.3 Å². The van der Waals surface area contributed by atoms with Gasteiger partial charge in [-0.2, -0.15) is 0 Å². The zero-order valence-electron chi connectivity index (χ0n) is 26.5. The molecule has 236 valence electrons. The topological polar surface area (TPSA) is 114 Å². The summed E-state index contributed by atoms with van der Waals surface area (Å²) >= 11 is 0. The Morgan fingerprint density at radius 3 is 2.31 bits per heavy atom. The summed E-state index contributed by atoms with van der Waals surface area (Å²) in [5.41, 5.74) is -0.228. The molecule has 1 aliphatic carbocycles. The Morgan fingerprint density at radius 2 is 1.67 bits per heavy atom. The average molecular weight is 587 g/mol. The fraction of sp³-hybridized carbons (Fsp3) is 0.735. The lowest BCUT2D eigenvalue weighted by molar-refractivity contribution is -0.304. The van der Waals surface area contributed by atoms with Crippen LogP contribution in [0.25, 0.3) is 0 Å². The average Bonchev–Trinajstić information content (AvgIpc) is 2.94. The zero-order chi connectivity index (χ0) is 30.8. The second-order valence-electron chi connectivity index (χ2n) is 13.6. The first kappa shape index (κ1) is 34.0. The van der Waals surface area contributed by atoms with E-state index in [9.17, 15) is 19.5 Å². The van der Waals surface area contributed by atoms with E-state index in [1.165, 1.54) is 5.56 Å². The van der Waals surface area contributed by atoms with Crippen LogP contribution < -0.4 is 10.6 Å². The highest BCUT2D eigenvalue weighted by Crippen LogP contribution is 2.37. The lowest BCUT2D eigenvalue weighted by Gasteiger charge is -2.47. The van der Waals surface area contributed by atoms with Crippen LogP contribution in [0.3, 0.4) is 0 Å². The monoisotopic (exact) mass is 586 g/mol. The quantitative estimate of drug-likeness (QED) is 0.212. The summed E-state index contributed by atoms with van der Waals surface area (Å²) in [4.78, 5) is 40.0. The Morgan fingerprint density at radius 1 is 0.976 bits per heavy atom. The van der Waals surface area contributed by atoms with Crippen molar-refractivity contribution >= 4 is 17.8 Å². The van der Waals surface area contributed by atoms with Gasteiger partial charge in [-0.25, -0.2) is 0 Å². The molecule has 1 aromatic rings. The van der Waals surface area contributed by atoms with Crippen LogP contribution in [0, 0.1) is 11.3 Å². The van der Waals surface area contributed by atoms with E-state index >= 15 is 0 Å². The van der Waals surface area contributed by atoms with Crippen molar-refractivity contribution in [2.75, 3.05) is 6.61 Å². The molecule has 2 aliphatic rings. The number of amides is 2. The van der Waals surface area contributed by atoms with Gasteiger partial charge in [0.25, 0.3) is 0 Å². The number of ether oxygens (including phenoxy) is 2. The molecule has 3 unspecified atom stereocenters. The van der Waals surface area contributed by atoms with Gasteiger partial charge < -0.3 is 25.2 Å². The standard InChI is InChI=1S/C34H54N2O6/c1-6-7-8-13-18-26(20-19-25-16-11-9-12-17-25)30(39)36-34(21-14-10-15-22-34)27(23-28(37)38)35-31(40)29-32(2,3)24-41-33(4,5)42-29/h9,11-12,16-17,26-27,29H,6-8,10,13-15,18-24H2,1-5H3,(H,35,40)(H,36,39)(H,37,38). The minimum atomic E-state index is -1.01. The van der Waals surface area contributed by atoms with E-state index in [1.54, 1.807) is 13.8 Å². The molecule has 0 spiro atoms. The smallest absolute Gasteiger partial charge is 0.305 e. The van der Waals surface area contributed by atoms with E-state index in [0.717, 1.165) is 64.2 Å². The fourth-order valence-electron chi connectivity index (χ4n) is 6.43. The molecule has 0 radical (unpaired) electrons. The summed E-state index contributed by atoms with van der Waals surface area (Å²) in [6.07, 6.45) is 9.59. The van der Waals surface area contributed by atoms with Crippen LogP contribution in [0.4, 0.5) is 0 Å². The van der Waals surface area contributed by atoms with E-state index in [2.05, 4.69) is 29.7 Å². The van der Waals surface area contributed by atoms with Gasteiger partial charge in [-0.3, -0.25) is 14.4 Å². The van der Waals surface area contributed by atoms with Gasteiger partial charge in [0.1, 0.15) is 6.10 Å². The molecule has 0 aromatic heterocycles. The fourth-order valence-corrected chi connectivity index (χ4v) is 6.43. The largest absolute Gasteiger partial charge is 0.481 e. The third kappa shape index (κ3) is 9.80. The Hall–Kier alpha value is -2.45. The Labute approximate surface area is 252 Å². The Bertz CT molecular complexity index is 1020. The van der Waals surface area contributed by atoms with Gasteiger partial charge in [0.15, 0.2) is 5.79 Å². The van der Waals surface area contributed by atoms with E-state index < -0.39 is 34.9 Å². The minimum Gasteiger partial charge on any atom is -0.481 e. The van der Waals surface area contributed by atoms with Gasteiger partial charge in [-0.05, 0) is 51.5 Å². The third-order valence-corrected chi connectivity index (χ3v) is 9.02. The number of carboxylic acids is 1. The molecule has 1 aromatic carbocycles. The van der Waals surface area contributed by atoms with E-state index in [4.69, 9.17) is 9.47 Å². The molecule has 1 aliphatic heterocycles. The first-order valence-corrected chi connectivity index (χ1v) is 16.1. The summed E-state index contributed by atoms with van der Waals surface area (Å²) < 4.78 is 11.9. The number of carbonyl (C=O) groups excluding carboxylic acids is 2. The van der Waals surface area contributed by atoms with E-state index in [1.807, 2.05) is 32.0 Å². The maximum atomic E-state index is 14.1. The molecule has 2 amide bonds. The summed E-state index contributed by atoms with van der Waals surface area (Å²) in [5, 5.41) is 16.4. The number of aryl methyl sites for hydroxylation is 1. The molecular weight excluding hydrogens is 532 g/mol. The molecular formula is C34H54N2O6. The summed E-state index contributed by atoms with van der Waals surface area (Å²) in [6, 6.07) is 9.46. The number of rotatable bonds is 15. The first-order chi connectivity index (χ1) is 19.9. The number of hydrogen-bond acceptors (Lipinski definition) is 5. The molecule has 3 atom stereocenters. The van der Waals surface area contributed by atoms with Crippen molar-refractivity contribution < 1.29 is 29.0 Å². The number of carboxylic acid groups (broad SMARTS) is 1. The van der Waals surface area contributed by atoms with Crippen LogP contribution >= 0.6 is 0 Å². The van der Waals surface area contributed by atoms with Crippen molar-refractivity contribution in [2.45, 2.75) is 142 Å². The lowest BCUT2D eigenvalue weighted by atomic mass is 9.74. The van der Waals surface area contributed by atoms with Crippen molar-refractivity contribution in [1.29, 1.82) is 0 Å². The van der Waals surface area contributed by atoms with Crippen molar-refractivity contribution in [3.05, 3.63) is 35.9 Å². The maximum Gasteiger partial charge on any atom is 0.305 e. The molecule has 8 nitrogen and oxygen atoms in total. The van der Waals surface area contributed by atoms with Crippen LogP contribution in [0.2, 0.25) is 0 Å². The van der Waals surface area contributed by atoms with Crippen molar-refractivity contribution in [2.24, 2.45) is 11.3 Å². The first-order valence-electron chi connectivity index (χ1n) is 16.1. The van der Waals surface area contributed by atoms with Crippen molar-refractivity contribution in [3.8, 4) is 0 Å².